The minimum atomic E-state index is -2.62. The van der Waals surface area contributed by atoms with Gasteiger partial charge in [0, 0.05) is 0 Å². The molecule has 0 aliphatic carbocycles. The second kappa shape index (κ2) is 11.4. The van der Waals surface area contributed by atoms with Gasteiger partial charge < -0.3 is 0 Å². The zero-order chi connectivity index (χ0) is 22.9. The summed E-state index contributed by atoms with van der Waals surface area (Å²) >= 11 is 2.89. The quantitative estimate of drug-likeness (QED) is 0.102. The van der Waals surface area contributed by atoms with E-state index in [9.17, 15) is 0 Å². The fourth-order valence-electron chi connectivity index (χ4n) is 4.48. The molecule has 0 spiro atoms. The second-order valence-electron chi connectivity index (χ2n) is 8.93. The molecule has 2 heteroatoms. The van der Waals surface area contributed by atoms with Crippen molar-refractivity contribution in [1.29, 1.82) is 0 Å². The van der Waals surface area contributed by atoms with E-state index in [1.165, 1.54) is 39.6 Å². The number of allylic oxidation sites excluding steroid dienone is 4. The monoisotopic (exact) mass is 554 g/mol. The molecule has 32 heavy (non-hydrogen) atoms. The third kappa shape index (κ3) is 5.61. The predicted octanol–water partition coefficient (Wildman–Crippen LogP) is 8.34. The summed E-state index contributed by atoms with van der Waals surface area (Å²) in [6, 6.07) is 33.7. The summed E-state index contributed by atoms with van der Waals surface area (Å²) < 4.78 is -2.62. The fraction of sp³-hybridized carbons (Fsp3) is 0.267. The molecule has 0 bridgehead atoms. The Balaban J connectivity index is 1.98. The van der Waals surface area contributed by atoms with Crippen molar-refractivity contribution in [1.82, 2.24) is 0 Å². The van der Waals surface area contributed by atoms with E-state index in [1.54, 1.807) is 0 Å². The molecular weight excluding hydrogens is 518 g/mol. The van der Waals surface area contributed by atoms with Gasteiger partial charge in [-0.3, -0.25) is 0 Å². The molecule has 3 rings (SSSR count). The van der Waals surface area contributed by atoms with E-state index in [-0.39, 0.29) is 0 Å². The van der Waals surface area contributed by atoms with Gasteiger partial charge >= 0.3 is 209 Å². The Labute approximate surface area is 208 Å². The average Bonchev–Trinajstić information content (AvgIpc) is 2.83. The number of rotatable bonds is 10. The number of halogens is 1. The summed E-state index contributed by atoms with van der Waals surface area (Å²) in [5, 5.41) is 4.42. The average molecular weight is 554 g/mol. The SMILES string of the molecule is CC(C)=CCC/C(C)=C/CCCP(I)(c1ccccc1)(c1ccccc1)c1ccccc1. The Hall–Kier alpha value is -1.70. The molecule has 0 heterocycles. The van der Waals surface area contributed by atoms with Crippen LogP contribution in [-0.4, -0.2) is 6.16 Å². The molecule has 0 unspecified atom stereocenters. The maximum absolute atomic E-state index is 2.89. The van der Waals surface area contributed by atoms with Crippen molar-refractivity contribution in [2.75, 3.05) is 6.16 Å². The summed E-state index contributed by atoms with van der Waals surface area (Å²) in [6.45, 7) is 6.65. The molecule has 0 radical (unpaired) electrons. The van der Waals surface area contributed by atoms with Crippen molar-refractivity contribution in [2.24, 2.45) is 0 Å². The second-order valence-corrected chi connectivity index (χ2v) is 19.7. The van der Waals surface area contributed by atoms with Crippen LogP contribution in [0, 0.1) is 0 Å². The first-order valence-corrected chi connectivity index (χ1v) is 16.8. The van der Waals surface area contributed by atoms with Crippen LogP contribution >= 0.6 is 26.3 Å². The Bertz CT molecular complexity index is 933. The predicted molar refractivity (Wildman–Crippen MR) is 156 cm³/mol. The van der Waals surface area contributed by atoms with Crippen molar-refractivity contribution in [3.05, 3.63) is 114 Å². The van der Waals surface area contributed by atoms with Crippen molar-refractivity contribution < 1.29 is 0 Å². The van der Waals surface area contributed by atoms with Crippen LogP contribution in [0.15, 0.2) is 114 Å². The van der Waals surface area contributed by atoms with Gasteiger partial charge in [0.2, 0.25) is 0 Å². The Kier molecular flexibility index (Phi) is 8.91. The Morgan fingerprint density at radius 2 is 1.09 bits per heavy atom. The van der Waals surface area contributed by atoms with Gasteiger partial charge in [-0.25, -0.2) is 0 Å². The number of hydrogen-bond donors (Lipinski definition) is 0. The molecule has 3 aromatic carbocycles. The van der Waals surface area contributed by atoms with E-state index in [0.29, 0.717) is 0 Å². The Morgan fingerprint density at radius 1 is 0.656 bits per heavy atom. The van der Waals surface area contributed by atoms with Gasteiger partial charge in [-0.1, -0.05) is 0 Å². The van der Waals surface area contributed by atoms with Crippen LogP contribution in [-0.2, 0) is 0 Å². The molecule has 0 N–H and O–H groups in total. The normalized spacial score (nSPS) is 13.2. The van der Waals surface area contributed by atoms with E-state index >= 15 is 0 Å². The number of hydrogen-bond acceptors (Lipinski definition) is 0. The molecule has 0 atom stereocenters. The molecular formula is C30H36IP. The van der Waals surface area contributed by atoms with Crippen molar-refractivity contribution in [3.8, 4) is 0 Å². The number of unbranched alkanes of at least 4 members (excludes halogenated alkanes) is 1. The maximum atomic E-state index is 2.89. The molecule has 0 amide bonds. The van der Waals surface area contributed by atoms with Crippen LogP contribution in [0.2, 0.25) is 0 Å². The first-order chi connectivity index (χ1) is 15.4. The molecule has 3 aromatic rings. The van der Waals surface area contributed by atoms with Crippen molar-refractivity contribution in [3.63, 3.8) is 0 Å². The summed E-state index contributed by atoms with van der Waals surface area (Å²) in [5.41, 5.74) is 2.92. The van der Waals surface area contributed by atoms with Gasteiger partial charge in [0.05, 0.1) is 0 Å². The molecule has 0 saturated heterocycles. The third-order valence-electron chi connectivity index (χ3n) is 6.25. The topological polar surface area (TPSA) is 0 Å². The summed E-state index contributed by atoms with van der Waals surface area (Å²) in [5.74, 6) is 0. The zero-order valence-corrected chi connectivity index (χ0v) is 22.7. The van der Waals surface area contributed by atoms with E-state index in [1.807, 2.05) is 0 Å². The molecule has 0 fully saturated rings. The molecule has 0 nitrogen and oxygen atoms in total. The van der Waals surface area contributed by atoms with Crippen LogP contribution in [0.25, 0.3) is 0 Å². The zero-order valence-electron chi connectivity index (χ0n) is 19.7. The summed E-state index contributed by atoms with van der Waals surface area (Å²) in [6.07, 6.45) is 10.6. The van der Waals surface area contributed by atoms with Crippen molar-refractivity contribution >= 4 is 42.2 Å². The molecule has 168 valence electrons. The standard InChI is InChI=1S/C30H36IP/c1-26(2)16-15-18-27(3)17-13-14-25-32(31,28-19-7-4-8-20-28,29-21-9-5-10-22-29)30-23-11-6-12-24-30/h4-12,16-17,19-24H,13-15,18,25H2,1-3H3/b27-17+. The van der Waals surface area contributed by atoms with Gasteiger partial charge in [-0.05, 0) is 0 Å². The van der Waals surface area contributed by atoms with Crippen LogP contribution < -0.4 is 15.9 Å². The van der Waals surface area contributed by atoms with E-state index in [4.69, 9.17) is 0 Å². The third-order valence-corrected chi connectivity index (χ3v) is 18.0. The molecule has 0 aliphatic heterocycles. The molecule has 0 aromatic heterocycles. The molecule has 0 saturated carbocycles. The van der Waals surface area contributed by atoms with Gasteiger partial charge in [-0.15, -0.1) is 0 Å². The fourth-order valence-corrected chi connectivity index (χ4v) is 13.2. The Morgan fingerprint density at radius 3 is 1.50 bits per heavy atom. The first-order valence-electron chi connectivity index (χ1n) is 11.6. The summed E-state index contributed by atoms with van der Waals surface area (Å²) in [7, 11) is 0. The van der Waals surface area contributed by atoms with E-state index < -0.39 is 4.25 Å². The van der Waals surface area contributed by atoms with Gasteiger partial charge in [-0.2, -0.15) is 0 Å². The van der Waals surface area contributed by atoms with Crippen molar-refractivity contribution in [2.45, 2.75) is 46.5 Å². The van der Waals surface area contributed by atoms with Crippen LogP contribution in [0.5, 0.6) is 0 Å². The van der Waals surface area contributed by atoms with E-state index in [0.717, 1.165) is 19.3 Å². The van der Waals surface area contributed by atoms with Crippen LogP contribution in [0.1, 0.15) is 46.5 Å². The summed E-state index contributed by atoms with van der Waals surface area (Å²) in [4.78, 5) is 0. The van der Waals surface area contributed by atoms with Crippen LogP contribution in [0.4, 0.5) is 0 Å². The number of benzene rings is 3. The molecule has 0 aliphatic rings. The van der Waals surface area contributed by atoms with E-state index in [2.05, 4.69) is 146 Å². The first kappa shape index (κ1) is 24.9. The van der Waals surface area contributed by atoms with Crippen LogP contribution in [0.3, 0.4) is 0 Å². The van der Waals surface area contributed by atoms with Gasteiger partial charge in [0.1, 0.15) is 0 Å². The minimum absolute atomic E-state index is 1.13. The van der Waals surface area contributed by atoms with Gasteiger partial charge in [0.25, 0.3) is 0 Å². The van der Waals surface area contributed by atoms with Gasteiger partial charge in [0.15, 0.2) is 0 Å².